The SMILES string of the molecule is C=C/C(=C\C/C=C(\C)N1CCNCC1)OC. The lowest BCUT2D eigenvalue weighted by Gasteiger charge is -2.30. The fourth-order valence-corrected chi connectivity index (χ4v) is 1.74. The summed E-state index contributed by atoms with van der Waals surface area (Å²) in [7, 11) is 1.67. The summed E-state index contributed by atoms with van der Waals surface area (Å²) >= 11 is 0. The molecule has 0 amide bonds. The standard InChI is InChI=1S/C13H22N2O/c1-4-13(16-3)7-5-6-12(2)15-10-8-14-9-11-15/h4,6-7,14H,1,5,8-11H2,2-3H3/b12-6+,13-7+. The highest BCUT2D eigenvalue weighted by atomic mass is 16.5. The second-order valence-electron chi connectivity index (χ2n) is 3.83. The van der Waals surface area contributed by atoms with Crippen molar-refractivity contribution in [2.24, 2.45) is 0 Å². The number of nitrogens with one attached hydrogen (secondary N) is 1. The smallest absolute Gasteiger partial charge is 0.114 e. The quantitative estimate of drug-likeness (QED) is 0.568. The van der Waals surface area contributed by atoms with Gasteiger partial charge in [0.15, 0.2) is 0 Å². The Balaban J connectivity index is 2.43. The van der Waals surface area contributed by atoms with E-state index in [2.05, 4.69) is 29.8 Å². The minimum atomic E-state index is 0.837. The Kier molecular flexibility index (Phi) is 5.72. The molecular weight excluding hydrogens is 200 g/mol. The van der Waals surface area contributed by atoms with Crippen molar-refractivity contribution >= 4 is 0 Å². The van der Waals surface area contributed by atoms with Crippen molar-refractivity contribution in [3.63, 3.8) is 0 Å². The maximum absolute atomic E-state index is 5.12. The molecule has 0 bridgehead atoms. The van der Waals surface area contributed by atoms with Crippen LogP contribution in [0, 0.1) is 0 Å². The first-order chi connectivity index (χ1) is 7.77. The van der Waals surface area contributed by atoms with Gasteiger partial charge in [-0.15, -0.1) is 0 Å². The molecule has 1 saturated heterocycles. The van der Waals surface area contributed by atoms with Gasteiger partial charge in [0, 0.05) is 31.9 Å². The highest BCUT2D eigenvalue weighted by Crippen LogP contribution is 2.07. The lowest BCUT2D eigenvalue weighted by atomic mass is 10.2. The molecule has 3 heteroatoms. The monoisotopic (exact) mass is 222 g/mol. The van der Waals surface area contributed by atoms with E-state index in [4.69, 9.17) is 4.74 Å². The number of rotatable bonds is 5. The number of nitrogens with zero attached hydrogens (tertiary/aromatic N) is 1. The molecule has 0 radical (unpaired) electrons. The van der Waals surface area contributed by atoms with E-state index in [1.54, 1.807) is 13.2 Å². The third kappa shape index (κ3) is 4.11. The molecule has 0 spiro atoms. The van der Waals surface area contributed by atoms with E-state index in [1.165, 1.54) is 5.70 Å². The van der Waals surface area contributed by atoms with Crippen LogP contribution in [-0.4, -0.2) is 38.2 Å². The van der Waals surface area contributed by atoms with Gasteiger partial charge in [-0.25, -0.2) is 0 Å². The van der Waals surface area contributed by atoms with Gasteiger partial charge >= 0.3 is 0 Å². The summed E-state index contributed by atoms with van der Waals surface area (Å²) in [6.45, 7) is 10.2. The largest absolute Gasteiger partial charge is 0.497 e. The van der Waals surface area contributed by atoms with Gasteiger partial charge in [-0.1, -0.05) is 12.7 Å². The van der Waals surface area contributed by atoms with E-state index in [1.807, 2.05) is 6.08 Å². The average molecular weight is 222 g/mol. The molecule has 0 aromatic heterocycles. The zero-order chi connectivity index (χ0) is 11.8. The van der Waals surface area contributed by atoms with Crippen molar-refractivity contribution in [3.8, 4) is 0 Å². The number of hydrogen-bond donors (Lipinski definition) is 1. The van der Waals surface area contributed by atoms with E-state index < -0.39 is 0 Å². The first-order valence-corrected chi connectivity index (χ1v) is 5.77. The molecule has 90 valence electrons. The Hall–Kier alpha value is -1.22. The lowest BCUT2D eigenvalue weighted by Crippen LogP contribution is -2.42. The van der Waals surface area contributed by atoms with Crippen LogP contribution >= 0.6 is 0 Å². The average Bonchev–Trinajstić information content (AvgIpc) is 2.35. The van der Waals surface area contributed by atoms with Crippen LogP contribution in [0.2, 0.25) is 0 Å². The van der Waals surface area contributed by atoms with E-state index >= 15 is 0 Å². The zero-order valence-electron chi connectivity index (χ0n) is 10.3. The number of hydrogen-bond acceptors (Lipinski definition) is 3. The first kappa shape index (κ1) is 12.8. The summed E-state index contributed by atoms with van der Waals surface area (Å²) in [5.74, 6) is 0.837. The molecule has 1 rings (SSSR count). The number of methoxy groups -OCH3 is 1. The molecule has 0 aliphatic carbocycles. The minimum absolute atomic E-state index is 0.837. The molecule has 1 aliphatic rings. The Morgan fingerprint density at radius 2 is 2.06 bits per heavy atom. The molecule has 0 aromatic carbocycles. The van der Waals surface area contributed by atoms with Gasteiger partial charge in [-0.05, 0) is 25.5 Å². The normalized spacial score (nSPS) is 18.5. The number of ether oxygens (including phenoxy) is 1. The molecule has 1 fully saturated rings. The van der Waals surface area contributed by atoms with E-state index in [9.17, 15) is 0 Å². The molecule has 1 aliphatic heterocycles. The van der Waals surface area contributed by atoms with E-state index in [-0.39, 0.29) is 0 Å². The number of piperazine rings is 1. The molecule has 0 aromatic rings. The van der Waals surface area contributed by atoms with Crippen LogP contribution in [0.4, 0.5) is 0 Å². The van der Waals surface area contributed by atoms with Crippen LogP contribution in [0.5, 0.6) is 0 Å². The Bertz CT molecular complexity index is 276. The summed E-state index contributed by atoms with van der Waals surface area (Å²) in [6, 6.07) is 0. The topological polar surface area (TPSA) is 24.5 Å². The zero-order valence-corrected chi connectivity index (χ0v) is 10.3. The molecule has 0 saturated carbocycles. The van der Waals surface area contributed by atoms with Crippen molar-refractivity contribution in [2.45, 2.75) is 13.3 Å². The van der Waals surface area contributed by atoms with Gasteiger partial charge in [0.2, 0.25) is 0 Å². The fourth-order valence-electron chi connectivity index (χ4n) is 1.74. The molecule has 0 atom stereocenters. The molecule has 3 nitrogen and oxygen atoms in total. The van der Waals surface area contributed by atoms with Gasteiger partial charge < -0.3 is 15.0 Å². The van der Waals surface area contributed by atoms with Crippen molar-refractivity contribution in [1.82, 2.24) is 10.2 Å². The second kappa shape index (κ2) is 7.12. The van der Waals surface area contributed by atoms with Gasteiger partial charge in [0.05, 0.1) is 7.11 Å². The van der Waals surface area contributed by atoms with Crippen molar-refractivity contribution in [1.29, 1.82) is 0 Å². The van der Waals surface area contributed by atoms with Crippen LogP contribution in [0.1, 0.15) is 13.3 Å². The predicted octanol–water partition coefficient (Wildman–Crippen LogP) is 1.90. The summed E-state index contributed by atoms with van der Waals surface area (Å²) in [6.07, 6.45) is 6.89. The Labute approximate surface area is 98.5 Å². The summed E-state index contributed by atoms with van der Waals surface area (Å²) in [5.41, 5.74) is 1.34. The van der Waals surface area contributed by atoms with Gasteiger partial charge in [-0.3, -0.25) is 0 Å². The van der Waals surface area contributed by atoms with Crippen molar-refractivity contribution in [2.75, 3.05) is 33.3 Å². The summed E-state index contributed by atoms with van der Waals surface area (Å²) in [4.78, 5) is 2.41. The van der Waals surface area contributed by atoms with Crippen LogP contribution in [0.25, 0.3) is 0 Å². The van der Waals surface area contributed by atoms with Crippen LogP contribution in [0.15, 0.2) is 36.3 Å². The third-order valence-electron chi connectivity index (χ3n) is 2.78. The number of allylic oxidation sites excluding steroid dienone is 4. The predicted molar refractivity (Wildman–Crippen MR) is 68.1 cm³/mol. The first-order valence-electron chi connectivity index (χ1n) is 5.77. The van der Waals surface area contributed by atoms with E-state index in [0.717, 1.165) is 38.4 Å². The highest BCUT2D eigenvalue weighted by molar-refractivity contribution is 5.11. The van der Waals surface area contributed by atoms with Crippen LogP contribution in [-0.2, 0) is 4.74 Å². The second-order valence-corrected chi connectivity index (χ2v) is 3.83. The van der Waals surface area contributed by atoms with Crippen molar-refractivity contribution < 1.29 is 4.74 Å². The Morgan fingerprint density at radius 1 is 1.38 bits per heavy atom. The summed E-state index contributed by atoms with van der Waals surface area (Å²) in [5, 5.41) is 3.35. The molecule has 1 heterocycles. The fraction of sp³-hybridized carbons (Fsp3) is 0.538. The Morgan fingerprint density at radius 3 is 2.62 bits per heavy atom. The van der Waals surface area contributed by atoms with Gasteiger partial charge in [0.1, 0.15) is 5.76 Å². The van der Waals surface area contributed by atoms with Crippen molar-refractivity contribution in [3.05, 3.63) is 36.3 Å². The highest BCUT2D eigenvalue weighted by Gasteiger charge is 2.08. The third-order valence-corrected chi connectivity index (χ3v) is 2.78. The van der Waals surface area contributed by atoms with Gasteiger partial charge in [0.25, 0.3) is 0 Å². The molecule has 1 N–H and O–H groups in total. The molecular formula is C13H22N2O. The minimum Gasteiger partial charge on any atom is -0.497 e. The van der Waals surface area contributed by atoms with Gasteiger partial charge in [-0.2, -0.15) is 0 Å². The van der Waals surface area contributed by atoms with Crippen LogP contribution in [0.3, 0.4) is 0 Å². The molecule has 16 heavy (non-hydrogen) atoms. The maximum Gasteiger partial charge on any atom is 0.114 e. The maximum atomic E-state index is 5.12. The summed E-state index contributed by atoms with van der Waals surface area (Å²) < 4.78 is 5.12. The molecule has 0 unspecified atom stereocenters. The van der Waals surface area contributed by atoms with Crippen LogP contribution < -0.4 is 5.32 Å². The van der Waals surface area contributed by atoms with E-state index in [0.29, 0.717) is 0 Å². The lowest BCUT2D eigenvalue weighted by molar-refractivity contribution is 0.298.